The number of aromatic nitrogens is 3. The summed E-state index contributed by atoms with van der Waals surface area (Å²) in [5.41, 5.74) is 2.94. The summed E-state index contributed by atoms with van der Waals surface area (Å²) in [6.45, 7) is 2.97. The van der Waals surface area contributed by atoms with Gasteiger partial charge in [-0.25, -0.2) is 9.78 Å². The van der Waals surface area contributed by atoms with Crippen LogP contribution in [0.5, 0.6) is 0 Å². The number of H-pyrrole nitrogens is 1. The van der Waals surface area contributed by atoms with E-state index in [0.717, 1.165) is 23.0 Å². The molecule has 0 aliphatic carbocycles. The zero-order valence-corrected chi connectivity index (χ0v) is 12.3. The van der Waals surface area contributed by atoms with Crippen LogP contribution in [0.25, 0.3) is 11.0 Å². The molecule has 0 bridgehead atoms. The lowest BCUT2D eigenvalue weighted by molar-refractivity contribution is -0.141. The van der Waals surface area contributed by atoms with Crippen LogP contribution < -0.4 is 5.32 Å². The largest absolute Gasteiger partial charge is 0.465 e. The molecule has 116 valence electrons. The summed E-state index contributed by atoms with van der Waals surface area (Å²) in [4.78, 5) is 29.3. The maximum Gasteiger partial charge on any atom is 0.325 e. The van der Waals surface area contributed by atoms with E-state index in [-0.39, 0.29) is 12.6 Å². The molecule has 2 N–H and O–H groups in total. The highest BCUT2D eigenvalue weighted by Crippen LogP contribution is 2.24. The van der Waals surface area contributed by atoms with Crippen molar-refractivity contribution in [2.45, 2.75) is 19.9 Å². The molecule has 3 heterocycles. The van der Waals surface area contributed by atoms with E-state index in [1.165, 1.54) is 5.56 Å². The Morgan fingerprint density at radius 3 is 3.14 bits per heavy atom. The van der Waals surface area contributed by atoms with Crippen LogP contribution in [0.3, 0.4) is 0 Å². The fraction of sp³-hybridized carbons (Fsp3) is 0.429. The summed E-state index contributed by atoms with van der Waals surface area (Å²) >= 11 is 0. The Labute approximate surface area is 126 Å². The van der Waals surface area contributed by atoms with Gasteiger partial charge in [0, 0.05) is 24.7 Å². The van der Waals surface area contributed by atoms with Gasteiger partial charge < -0.3 is 15.0 Å². The molecule has 0 aromatic carbocycles. The zero-order chi connectivity index (χ0) is 15.5. The lowest BCUT2D eigenvalue weighted by atomic mass is 9.99. The van der Waals surface area contributed by atoms with Crippen molar-refractivity contribution in [3.63, 3.8) is 0 Å². The molecule has 1 aliphatic heterocycles. The van der Waals surface area contributed by atoms with Crippen LogP contribution in [0, 0.1) is 0 Å². The number of amides is 2. The number of urea groups is 1. The van der Waals surface area contributed by atoms with Gasteiger partial charge in [0.1, 0.15) is 6.54 Å². The maximum atomic E-state index is 12.1. The number of hydrogen-bond donors (Lipinski definition) is 2. The molecule has 2 aromatic rings. The van der Waals surface area contributed by atoms with Crippen LogP contribution >= 0.6 is 0 Å². The Balaban J connectivity index is 1.66. The predicted octanol–water partition coefficient (Wildman–Crippen LogP) is 0.589. The number of pyridine rings is 1. The van der Waals surface area contributed by atoms with Crippen molar-refractivity contribution < 1.29 is 14.3 Å². The minimum Gasteiger partial charge on any atom is -0.465 e. The summed E-state index contributed by atoms with van der Waals surface area (Å²) in [5, 5.41) is 10.4. The SMILES string of the molecule is CCOC(=O)CNC(=O)N1CCc2c(cnc3[nH]ncc23)C1. The molecule has 22 heavy (non-hydrogen) atoms. The van der Waals surface area contributed by atoms with E-state index in [0.29, 0.717) is 19.7 Å². The monoisotopic (exact) mass is 303 g/mol. The van der Waals surface area contributed by atoms with Crippen molar-refractivity contribution in [2.24, 2.45) is 0 Å². The molecule has 0 saturated heterocycles. The minimum absolute atomic E-state index is 0.116. The Kier molecular flexibility index (Phi) is 3.90. The summed E-state index contributed by atoms with van der Waals surface area (Å²) in [6.07, 6.45) is 4.26. The highest BCUT2D eigenvalue weighted by Gasteiger charge is 2.23. The highest BCUT2D eigenvalue weighted by atomic mass is 16.5. The van der Waals surface area contributed by atoms with Gasteiger partial charge in [-0.3, -0.25) is 9.89 Å². The molecule has 3 rings (SSSR count). The number of ether oxygens (including phenoxy) is 1. The molecule has 8 heteroatoms. The quantitative estimate of drug-likeness (QED) is 0.808. The number of nitrogens with one attached hydrogen (secondary N) is 2. The van der Waals surface area contributed by atoms with Gasteiger partial charge in [-0.05, 0) is 24.5 Å². The van der Waals surface area contributed by atoms with Crippen LogP contribution in [0.1, 0.15) is 18.1 Å². The van der Waals surface area contributed by atoms with Gasteiger partial charge in [-0.2, -0.15) is 5.10 Å². The number of esters is 1. The average molecular weight is 303 g/mol. The topological polar surface area (TPSA) is 100 Å². The lowest BCUT2D eigenvalue weighted by Gasteiger charge is -2.28. The molecule has 0 spiro atoms. The van der Waals surface area contributed by atoms with Crippen molar-refractivity contribution in [1.82, 2.24) is 25.4 Å². The van der Waals surface area contributed by atoms with Gasteiger partial charge in [0.2, 0.25) is 0 Å². The molecule has 1 aliphatic rings. The summed E-state index contributed by atoms with van der Waals surface area (Å²) in [5.74, 6) is -0.435. The first-order valence-corrected chi connectivity index (χ1v) is 7.17. The van der Waals surface area contributed by atoms with Crippen molar-refractivity contribution in [3.05, 3.63) is 23.5 Å². The fourth-order valence-corrected chi connectivity index (χ4v) is 2.60. The van der Waals surface area contributed by atoms with Gasteiger partial charge in [0.05, 0.1) is 12.8 Å². The second-order valence-electron chi connectivity index (χ2n) is 5.03. The normalized spacial score (nSPS) is 13.8. The predicted molar refractivity (Wildman–Crippen MR) is 78.0 cm³/mol. The Morgan fingerprint density at radius 2 is 2.32 bits per heavy atom. The number of nitrogens with zero attached hydrogens (tertiary/aromatic N) is 3. The minimum atomic E-state index is -0.435. The van der Waals surface area contributed by atoms with Gasteiger partial charge in [-0.1, -0.05) is 0 Å². The molecule has 0 radical (unpaired) electrons. The first-order valence-electron chi connectivity index (χ1n) is 7.17. The molecule has 0 atom stereocenters. The molecule has 0 unspecified atom stereocenters. The number of carbonyl (C=O) groups excluding carboxylic acids is 2. The first-order chi connectivity index (χ1) is 10.7. The lowest BCUT2D eigenvalue weighted by Crippen LogP contribution is -2.44. The molecule has 2 aromatic heterocycles. The Morgan fingerprint density at radius 1 is 1.45 bits per heavy atom. The third kappa shape index (κ3) is 2.72. The van der Waals surface area contributed by atoms with Crippen molar-refractivity contribution in [3.8, 4) is 0 Å². The number of rotatable bonds is 3. The van der Waals surface area contributed by atoms with Gasteiger partial charge in [-0.15, -0.1) is 0 Å². The van der Waals surface area contributed by atoms with E-state index in [2.05, 4.69) is 20.5 Å². The Bertz CT molecular complexity index is 712. The number of aromatic amines is 1. The van der Waals surface area contributed by atoms with Crippen molar-refractivity contribution in [2.75, 3.05) is 19.7 Å². The zero-order valence-electron chi connectivity index (χ0n) is 12.3. The molecule has 0 saturated carbocycles. The molecular formula is C14H17N5O3. The van der Waals surface area contributed by atoms with Crippen LogP contribution in [-0.4, -0.2) is 51.8 Å². The van der Waals surface area contributed by atoms with E-state index < -0.39 is 5.97 Å². The third-order valence-electron chi connectivity index (χ3n) is 3.65. The second-order valence-corrected chi connectivity index (χ2v) is 5.03. The van der Waals surface area contributed by atoms with E-state index >= 15 is 0 Å². The number of hydrogen-bond acceptors (Lipinski definition) is 5. The van der Waals surface area contributed by atoms with E-state index in [1.807, 2.05) is 0 Å². The van der Waals surface area contributed by atoms with Gasteiger partial charge in [0.15, 0.2) is 5.65 Å². The van der Waals surface area contributed by atoms with E-state index in [9.17, 15) is 9.59 Å². The van der Waals surface area contributed by atoms with Crippen LogP contribution in [0.15, 0.2) is 12.4 Å². The fourth-order valence-electron chi connectivity index (χ4n) is 2.60. The highest BCUT2D eigenvalue weighted by molar-refractivity contribution is 5.82. The average Bonchev–Trinajstić information content (AvgIpc) is 3.01. The van der Waals surface area contributed by atoms with Gasteiger partial charge >= 0.3 is 12.0 Å². The van der Waals surface area contributed by atoms with E-state index in [4.69, 9.17) is 4.74 Å². The molecule has 8 nitrogen and oxygen atoms in total. The third-order valence-corrected chi connectivity index (χ3v) is 3.65. The molecule has 0 fully saturated rings. The van der Waals surface area contributed by atoms with E-state index in [1.54, 1.807) is 24.2 Å². The maximum absolute atomic E-state index is 12.1. The second kappa shape index (κ2) is 6.00. The summed E-state index contributed by atoms with van der Waals surface area (Å²) in [6, 6.07) is -0.272. The Hall–Kier alpha value is -2.64. The smallest absolute Gasteiger partial charge is 0.325 e. The number of carbonyl (C=O) groups is 2. The summed E-state index contributed by atoms with van der Waals surface area (Å²) in [7, 11) is 0. The standard InChI is InChI=1S/C14H17N5O3/c1-2-22-12(20)7-16-14(21)19-4-3-10-9(8-19)5-15-13-11(10)6-17-18-13/h5-6H,2-4,7-8H2,1H3,(H,16,21)(H,15,17,18). The number of fused-ring (bicyclic) bond motifs is 3. The molecule has 2 amide bonds. The van der Waals surface area contributed by atoms with Crippen LogP contribution in [-0.2, 0) is 22.5 Å². The van der Waals surface area contributed by atoms with Crippen molar-refractivity contribution >= 4 is 23.0 Å². The first kappa shape index (κ1) is 14.3. The van der Waals surface area contributed by atoms with Crippen LogP contribution in [0.2, 0.25) is 0 Å². The molecular weight excluding hydrogens is 286 g/mol. The van der Waals surface area contributed by atoms with Gasteiger partial charge in [0.25, 0.3) is 0 Å². The summed E-state index contributed by atoms with van der Waals surface area (Å²) < 4.78 is 4.78. The van der Waals surface area contributed by atoms with Crippen molar-refractivity contribution in [1.29, 1.82) is 0 Å². The van der Waals surface area contributed by atoms with Crippen LogP contribution in [0.4, 0.5) is 4.79 Å².